The Labute approximate surface area is 98.0 Å². The molecule has 0 saturated carbocycles. The van der Waals surface area contributed by atoms with Gasteiger partial charge < -0.3 is 15.2 Å². The number of nitrogens with one attached hydrogen (secondary N) is 2. The summed E-state index contributed by atoms with van der Waals surface area (Å²) in [6, 6.07) is 3.25. The molecule has 1 fully saturated rings. The molecule has 1 saturated heterocycles. The first-order valence-electron chi connectivity index (χ1n) is 5.61. The summed E-state index contributed by atoms with van der Waals surface area (Å²) in [4.78, 5) is 11.9. The smallest absolute Gasteiger partial charge is 0.268 e. The molecule has 1 amide bonds. The molecule has 0 radical (unpaired) electrons. The molecule has 0 aliphatic carbocycles. The first kappa shape index (κ1) is 12.0. The Balaban J connectivity index is 2.00. The molecule has 6 heteroatoms. The molecule has 1 aliphatic heterocycles. The summed E-state index contributed by atoms with van der Waals surface area (Å²) in [5.74, 6) is -0.288. The maximum atomic E-state index is 12.3. The van der Waals surface area contributed by atoms with Crippen LogP contribution in [0.25, 0.3) is 0 Å². The van der Waals surface area contributed by atoms with Gasteiger partial charge in [0, 0.05) is 18.8 Å². The number of hydrogen-bond donors (Lipinski definition) is 2. The van der Waals surface area contributed by atoms with E-state index in [2.05, 4.69) is 10.6 Å². The third kappa shape index (κ3) is 3.03. The van der Waals surface area contributed by atoms with E-state index in [1.54, 1.807) is 12.1 Å². The van der Waals surface area contributed by atoms with Crippen molar-refractivity contribution in [3.63, 3.8) is 0 Å². The molecule has 1 aromatic heterocycles. The lowest BCUT2D eigenvalue weighted by Crippen LogP contribution is -2.37. The number of carbonyl (C=O) groups excluding carboxylic acids is 1. The van der Waals surface area contributed by atoms with E-state index in [9.17, 15) is 13.6 Å². The fourth-order valence-corrected chi connectivity index (χ4v) is 1.97. The summed E-state index contributed by atoms with van der Waals surface area (Å²) >= 11 is 0. The minimum atomic E-state index is -2.46. The highest BCUT2D eigenvalue weighted by Crippen LogP contribution is 2.07. The Bertz CT molecular complexity index is 386. The fraction of sp³-hybridized carbons (Fsp3) is 0.545. The van der Waals surface area contributed by atoms with Gasteiger partial charge in [0.25, 0.3) is 12.3 Å². The van der Waals surface area contributed by atoms with Crippen LogP contribution in [-0.2, 0) is 6.54 Å². The van der Waals surface area contributed by atoms with Crippen LogP contribution in [0, 0.1) is 0 Å². The normalized spacial score (nSPS) is 19.8. The summed E-state index contributed by atoms with van der Waals surface area (Å²) in [5.41, 5.74) is 0.289. The van der Waals surface area contributed by atoms with Crippen molar-refractivity contribution < 1.29 is 13.6 Å². The maximum Gasteiger partial charge on any atom is 0.268 e. The number of halogens is 2. The molecule has 0 aromatic carbocycles. The molecule has 2 rings (SSSR count). The third-order valence-electron chi connectivity index (χ3n) is 2.79. The second-order valence-corrected chi connectivity index (χ2v) is 4.10. The molecule has 0 spiro atoms. The quantitative estimate of drug-likeness (QED) is 0.823. The first-order valence-corrected chi connectivity index (χ1v) is 5.61. The van der Waals surface area contributed by atoms with E-state index in [4.69, 9.17) is 0 Å². The zero-order valence-electron chi connectivity index (χ0n) is 9.33. The van der Waals surface area contributed by atoms with E-state index < -0.39 is 13.0 Å². The van der Waals surface area contributed by atoms with Gasteiger partial charge in [0.1, 0.15) is 5.69 Å². The third-order valence-corrected chi connectivity index (χ3v) is 2.79. The van der Waals surface area contributed by atoms with Crippen LogP contribution in [0.1, 0.15) is 16.9 Å². The van der Waals surface area contributed by atoms with Gasteiger partial charge in [-0.1, -0.05) is 0 Å². The van der Waals surface area contributed by atoms with E-state index in [-0.39, 0.29) is 17.6 Å². The molecule has 17 heavy (non-hydrogen) atoms. The van der Waals surface area contributed by atoms with Crippen LogP contribution in [0.15, 0.2) is 18.3 Å². The van der Waals surface area contributed by atoms with Crippen LogP contribution in [-0.4, -0.2) is 36.0 Å². The molecule has 0 bridgehead atoms. The molecule has 0 unspecified atom stereocenters. The summed E-state index contributed by atoms with van der Waals surface area (Å²) in [7, 11) is 0. The number of alkyl halides is 2. The molecule has 2 N–H and O–H groups in total. The first-order chi connectivity index (χ1) is 8.16. The summed E-state index contributed by atoms with van der Waals surface area (Å²) in [6.45, 7) is 1.17. The van der Waals surface area contributed by atoms with Crippen LogP contribution < -0.4 is 10.6 Å². The van der Waals surface area contributed by atoms with Gasteiger partial charge in [-0.3, -0.25) is 4.79 Å². The van der Waals surface area contributed by atoms with E-state index in [1.807, 2.05) is 0 Å². The van der Waals surface area contributed by atoms with Crippen LogP contribution in [0.3, 0.4) is 0 Å². The number of carbonyl (C=O) groups is 1. The van der Waals surface area contributed by atoms with E-state index in [1.165, 1.54) is 10.8 Å². The minimum Gasteiger partial charge on any atom is -0.347 e. The maximum absolute atomic E-state index is 12.3. The molecule has 4 nitrogen and oxygen atoms in total. The lowest BCUT2D eigenvalue weighted by molar-refractivity contribution is 0.0917. The van der Waals surface area contributed by atoms with Crippen LogP contribution in [0.2, 0.25) is 0 Å². The minimum absolute atomic E-state index is 0.0948. The largest absolute Gasteiger partial charge is 0.347 e. The van der Waals surface area contributed by atoms with Gasteiger partial charge in [-0.05, 0) is 25.1 Å². The average molecular weight is 243 g/mol. The van der Waals surface area contributed by atoms with Crippen molar-refractivity contribution in [1.82, 2.24) is 15.2 Å². The predicted octanol–water partition coefficient (Wildman–Crippen LogP) is 0.845. The van der Waals surface area contributed by atoms with Gasteiger partial charge in [0.2, 0.25) is 0 Å². The van der Waals surface area contributed by atoms with Crippen molar-refractivity contribution in [2.75, 3.05) is 13.1 Å². The summed E-state index contributed by atoms with van der Waals surface area (Å²) in [5, 5.41) is 5.96. The van der Waals surface area contributed by atoms with E-state index in [0.717, 1.165) is 19.5 Å². The average Bonchev–Trinajstić information content (AvgIpc) is 2.87. The summed E-state index contributed by atoms with van der Waals surface area (Å²) in [6.07, 6.45) is -0.0861. The highest BCUT2D eigenvalue weighted by molar-refractivity contribution is 5.93. The van der Waals surface area contributed by atoms with Gasteiger partial charge in [-0.25, -0.2) is 8.78 Å². The highest BCUT2D eigenvalue weighted by Gasteiger charge is 2.19. The Morgan fingerprint density at radius 2 is 2.47 bits per heavy atom. The van der Waals surface area contributed by atoms with Crippen molar-refractivity contribution >= 4 is 5.91 Å². The van der Waals surface area contributed by atoms with Gasteiger partial charge in [-0.15, -0.1) is 0 Å². The molecule has 1 aromatic rings. The van der Waals surface area contributed by atoms with Gasteiger partial charge in [0.05, 0.1) is 6.54 Å². The van der Waals surface area contributed by atoms with Crippen molar-refractivity contribution in [2.24, 2.45) is 0 Å². The topological polar surface area (TPSA) is 46.1 Å². The van der Waals surface area contributed by atoms with Crippen LogP contribution in [0.5, 0.6) is 0 Å². The molecule has 1 aliphatic rings. The van der Waals surface area contributed by atoms with Crippen molar-refractivity contribution in [3.05, 3.63) is 24.0 Å². The SMILES string of the molecule is O=C(N[C@@H]1CCNC1)c1cccn1CC(F)F. The fourth-order valence-electron chi connectivity index (χ4n) is 1.97. The zero-order valence-corrected chi connectivity index (χ0v) is 9.33. The predicted molar refractivity (Wildman–Crippen MR) is 59.2 cm³/mol. The number of hydrogen-bond acceptors (Lipinski definition) is 2. The van der Waals surface area contributed by atoms with Gasteiger partial charge in [-0.2, -0.15) is 0 Å². The number of rotatable bonds is 4. The van der Waals surface area contributed by atoms with Crippen LogP contribution in [0.4, 0.5) is 8.78 Å². The zero-order chi connectivity index (χ0) is 12.3. The Morgan fingerprint density at radius 3 is 3.12 bits per heavy atom. The summed E-state index contributed by atoms with van der Waals surface area (Å²) < 4.78 is 25.8. The highest BCUT2D eigenvalue weighted by atomic mass is 19.3. The second-order valence-electron chi connectivity index (χ2n) is 4.10. The second kappa shape index (κ2) is 5.27. The van der Waals surface area contributed by atoms with Crippen molar-refractivity contribution in [2.45, 2.75) is 25.4 Å². The Hall–Kier alpha value is -1.43. The Morgan fingerprint density at radius 1 is 1.65 bits per heavy atom. The molecule has 94 valence electrons. The lowest BCUT2D eigenvalue weighted by atomic mass is 10.2. The van der Waals surface area contributed by atoms with Crippen molar-refractivity contribution in [3.8, 4) is 0 Å². The standard InChI is InChI=1S/C11H15F2N3O/c12-10(13)7-16-5-1-2-9(16)11(17)15-8-3-4-14-6-8/h1-2,5,8,10,14H,3-4,6-7H2,(H,15,17)/t8-/m1/s1. The number of amides is 1. The Kier molecular flexibility index (Phi) is 3.73. The molecule has 1 atom stereocenters. The van der Waals surface area contributed by atoms with Crippen molar-refractivity contribution in [1.29, 1.82) is 0 Å². The van der Waals surface area contributed by atoms with E-state index in [0.29, 0.717) is 0 Å². The number of nitrogens with zero attached hydrogens (tertiary/aromatic N) is 1. The van der Waals surface area contributed by atoms with E-state index >= 15 is 0 Å². The van der Waals surface area contributed by atoms with Gasteiger partial charge >= 0.3 is 0 Å². The molecular weight excluding hydrogens is 228 g/mol. The molecule has 2 heterocycles. The number of aromatic nitrogens is 1. The molecular formula is C11H15F2N3O. The van der Waals surface area contributed by atoms with Gasteiger partial charge in [0.15, 0.2) is 0 Å². The monoisotopic (exact) mass is 243 g/mol. The van der Waals surface area contributed by atoms with Crippen LogP contribution >= 0.6 is 0 Å². The lowest BCUT2D eigenvalue weighted by Gasteiger charge is -2.13.